The highest BCUT2D eigenvalue weighted by Crippen LogP contribution is 2.11. The molecule has 0 aromatic carbocycles. The van der Waals surface area contributed by atoms with Gasteiger partial charge in [0.2, 0.25) is 6.54 Å². The second kappa shape index (κ2) is 6.74. The number of carbonyl (C=O) groups excluding carboxylic acids is 2. The van der Waals surface area contributed by atoms with Crippen LogP contribution in [0.1, 0.15) is 12.8 Å². The van der Waals surface area contributed by atoms with E-state index in [1.807, 2.05) is 0 Å². The van der Waals surface area contributed by atoms with E-state index in [-0.39, 0.29) is 19.4 Å². The normalized spacial score (nSPS) is 11.6. The summed E-state index contributed by atoms with van der Waals surface area (Å²) in [5.74, 6) is -2.04. The zero-order chi connectivity index (χ0) is 11.8. The fourth-order valence-electron chi connectivity index (χ4n) is 1.02. The van der Waals surface area contributed by atoms with Crippen molar-refractivity contribution in [3.05, 3.63) is 10.1 Å². The predicted molar refractivity (Wildman–Crippen MR) is 48.6 cm³/mol. The van der Waals surface area contributed by atoms with Crippen molar-refractivity contribution in [2.45, 2.75) is 12.8 Å². The fraction of sp³-hybridized carbons (Fsp3) is 0.750. The third kappa shape index (κ3) is 5.61. The minimum absolute atomic E-state index is 0.0330. The number of nitro groups is 1. The Bertz CT molecular complexity index is 252. The molecule has 0 saturated carbocycles. The average molecular weight is 219 g/mol. The minimum Gasteiger partial charge on any atom is -0.469 e. The van der Waals surface area contributed by atoms with E-state index >= 15 is 0 Å². The van der Waals surface area contributed by atoms with E-state index in [9.17, 15) is 19.7 Å². The van der Waals surface area contributed by atoms with E-state index in [1.54, 1.807) is 0 Å². The molecule has 15 heavy (non-hydrogen) atoms. The topological polar surface area (TPSA) is 95.7 Å². The van der Waals surface area contributed by atoms with Gasteiger partial charge in [0.05, 0.1) is 26.6 Å². The molecule has 0 amide bonds. The molecule has 0 bridgehead atoms. The lowest BCUT2D eigenvalue weighted by Gasteiger charge is -2.10. The van der Waals surface area contributed by atoms with Crippen molar-refractivity contribution in [2.24, 2.45) is 5.92 Å². The third-order valence-corrected chi connectivity index (χ3v) is 1.84. The highest BCUT2D eigenvalue weighted by Gasteiger charge is 2.24. The number of hydrogen-bond acceptors (Lipinski definition) is 6. The molecule has 0 aliphatic rings. The molecule has 7 heteroatoms. The quantitative estimate of drug-likeness (QED) is 0.354. The zero-order valence-corrected chi connectivity index (χ0v) is 8.60. The molecule has 0 heterocycles. The van der Waals surface area contributed by atoms with Gasteiger partial charge in [0.25, 0.3) is 0 Å². The molecule has 1 unspecified atom stereocenters. The van der Waals surface area contributed by atoms with E-state index in [0.717, 1.165) is 0 Å². The summed E-state index contributed by atoms with van der Waals surface area (Å²) in [4.78, 5) is 31.6. The summed E-state index contributed by atoms with van der Waals surface area (Å²) in [5, 5.41) is 10.1. The largest absolute Gasteiger partial charge is 0.469 e. The van der Waals surface area contributed by atoms with Crippen molar-refractivity contribution >= 4 is 11.9 Å². The number of methoxy groups -OCH3 is 2. The SMILES string of the molecule is COC(=O)CC(CC[N+](=O)[O-])C(=O)OC. The van der Waals surface area contributed by atoms with E-state index in [2.05, 4.69) is 9.47 Å². The van der Waals surface area contributed by atoms with Crippen LogP contribution in [0.2, 0.25) is 0 Å². The molecule has 0 aromatic heterocycles. The second-order valence-corrected chi connectivity index (χ2v) is 2.85. The van der Waals surface area contributed by atoms with Crippen LogP contribution in [0.25, 0.3) is 0 Å². The van der Waals surface area contributed by atoms with Gasteiger partial charge in [0, 0.05) is 11.3 Å². The minimum atomic E-state index is -0.812. The smallest absolute Gasteiger partial charge is 0.309 e. The highest BCUT2D eigenvalue weighted by molar-refractivity contribution is 5.79. The van der Waals surface area contributed by atoms with Gasteiger partial charge >= 0.3 is 11.9 Å². The first kappa shape index (κ1) is 13.3. The second-order valence-electron chi connectivity index (χ2n) is 2.85. The molecule has 0 radical (unpaired) electrons. The van der Waals surface area contributed by atoms with Crippen LogP contribution in [-0.2, 0) is 19.1 Å². The summed E-state index contributed by atoms with van der Waals surface area (Å²) in [5.41, 5.74) is 0. The molecular weight excluding hydrogens is 206 g/mol. The van der Waals surface area contributed by atoms with E-state index < -0.39 is 22.8 Å². The Morgan fingerprint density at radius 3 is 2.33 bits per heavy atom. The Labute approximate surface area is 86.5 Å². The fourth-order valence-corrected chi connectivity index (χ4v) is 1.02. The van der Waals surface area contributed by atoms with Gasteiger partial charge in [0.15, 0.2) is 0 Å². The van der Waals surface area contributed by atoms with Crippen LogP contribution in [0.3, 0.4) is 0 Å². The third-order valence-electron chi connectivity index (χ3n) is 1.84. The van der Waals surface area contributed by atoms with Gasteiger partial charge in [-0.05, 0) is 0 Å². The van der Waals surface area contributed by atoms with Crippen molar-refractivity contribution in [1.29, 1.82) is 0 Å². The lowest BCUT2D eigenvalue weighted by atomic mass is 10.0. The number of nitrogens with zero attached hydrogens (tertiary/aromatic N) is 1. The van der Waals surface area contributed by atoms with Crippen LogP contribution in [0.15, 0.2) is 0 Å². The van der Waals surface area contributed by atoms with Crippen LogP contribution in [0.4, 0.5) is 0 Å². The van der Waals surface area contributed by atoms with Gasteiger partial charge in [-0.3, -0.25) is 19.7 Å². The molecule has 1 atom stereocenters. The molecule has 0 saturated heterocycles. The summed E-state index contributed by atoms with van der Waals surface area (Å²) < 4.78 is 8.79. The summed E-state index contributed by atoms with van der Waals surface area (Å²) in [6.07, 6.45) is -0.230. The molecule has 0 spiro atoms. The summed E-state index contributed by atoms with van der Waals surface area (Å²) >= 11 is 0. The molecule has 0 aliphatic carbocycles. The van der Waals surface area contributed by atoms with E-state index in [1.165, 1.54) is 14.2 Å². The highest BCUT2D eigenvalue weighted by atomic mass is 16.6. The van der Waals surface area contributed by atoms with Crippen LogP contribution in [0, 0.1) is 16.0 Å². The summed E-state index contributed by atoms with van der Waals surface area (Å²) in [6, 6.07) is 0. The van der Waals surface area contributed by atoms with Crippen molar-refractivity contribution in [3.63, 3.8) is 0 Å². The van der Waals surface area contributed by atoms with E-state index in [0.29, 0.717) is 0 Å². The molecular formula is C8H13NO6. The van der Waals surface area contributed by atoms with Gasteiger partial charge < -0.3 is 9.47 Å². The monoisotopic (exact) mass is 219 g/mol. The van der Waals surface area contributed by atoms with Gasteiger partial charge in [-0.1, -0.05) is 0 Å². The Hall–Kier alpha value is -1.66. The molecule has 86 valence electrons. The molecule has 0 N–H and O–H groups in total. The van der Waals surface area contributed by atoms with Crippen molar-refractivity contribution in [2.75, 3.05) is 20.8 Å². The molecule has 0 aliphatic heterocycles. The van der Waals surface area contributed by atoms with Crippen molar-refractivity contribution in [1.82, 2.24) is 0 Å². The molecule has 0 fully saturated rings. The Morgan fingerprint density at radius 2 is 1.93 bits per heavy atom. The Kier molecular flexibility index (Phi) is 6.00. The van der Waals surface area contributed by atoms with Crippen LogP contribution in [0.5, 0.6) is 0 Å². The van der Waals surface area contributed by atoms with Crippen molar-refractivity contribution in [3.8, 4) is 0 Å². The lowest BCUT2D eigenvalue weighted by Crippen LogP contribution is -2.23. The molecule has 0 rings (SSSR count). The van der Waals surface area contributed by atoms with Gasteiger partial charge in [0.1, 0.15) is 0 Å². The number of carbonyl (C=O) groups is 2. The summed E-state index contributed by atoms with van der Waals surface area (Å²) in [7, 11) is 2.35. The maximum absolute atomic E-state index is 11.1. The number of hydrogen-bond donors (Lipinski definition) is 0. The van der Waals surface area contributed by atoms with E-state index in [4.69, 9.17) is 0 Å². The van der Waals surface area contributed by atoms with Crippen LogP contribution >= 0.6 is 0 Å². The maximum atomic E-state index is 11.1. The number of esters is 2. The average Bonchev–Trinajstić information content (AvgIpc) is 2.22. The zero-order valence-electron chi connectivity index (χ0n) is 8.60. The van der Waals surface area contributed by atoms with Crippen molar-refractivity contribution < 1.29 is 24.0 Å². The number of rotatable bonds is 6. The first-order valence-corrected chi connectivity index (χ1v) is 4.27. The van der Waals surface area contributed by atoms with Gasteiger partial charge in [-0.15, -0.1) is 0 Å². The maximum Gasteiger partial charge on any atom is 0.309 e. The van der Waals surface area contributed by atoms with Crippen LogP contribution in [-0.4, -0.2) is 37.6 Å². The van der Waals surface area contributed by atoms with Gasteiger partial charge in [-0.25, -0.2) is 0 Å². The lowest BCUT2D eigenvalue weighted by molar-refractivity contribution is -0.481. The van der Waals surface area contributed by atoms with Crippen LogP contribution < -0.4 is 0 Å². The molecule has 0 aromatic rings. The Balaban J connectivity index is 4.24. The molecule has 7 nitrogen and oxygen atoms in total. The first-order valence-electron chi connectivity index (χ1n) is 4.27. The predicted octanol–water partition coefficient (Wildman–Crippen LogP) is 0.00550. The first-order chi connectivity index (χ1) is 7.01. The Morgan fingerprint density at radius 1 is 1.33 bits per heavy atom. The standard InChI is InChI=1S/C8H13NO6/c1-14-7(10)5-6(8(11)15-2)3-4-9(12)13/h6H,3-5H2,1-2H3. The number of ether oxygens (including phenoxy) is 2. The summed E-state index contributed by atoms with van der Waals surface area (Å²) in [6.45, 7) is -0.378. The van der Waals surface area contributed by atoms with Gasteiger partial charge in [-0.2, -0.15) is 0 Å².